The minimum Gasteiger partial charge on any atom is -0.344 e. The maximum absolute atomic E-state index is 12.6. The lowest BCUT2D eigenvalue weighted by Gasteiger charge is -2.31. The number of quaternary nitrogens is 1. The third-order valence-corrected chi connectivity index (χ3v) is 7.28. The number of likely N-dealkylation sites (tertiary alicyclic amines) is 1. The van der Waals surface area contributed by atoms with E-state index in [1.807, 2.05) is 12.1 Å². The number of hydrogen-bond acceptors (Lipinski definition) is 4. The summed E-state index contributed by atoms with van der Waals surface area (Å²) < 4.78 is 1.24. The minimum absolute atomic E-state index is 0.0765. The molecule has 3 heterocycles. The summed E-state index contributed by atoms with van der Waals surface area (Å²) in [6.45, 7) is 3.62. The van der Waals surface area contributed by atoms with Crippen LogP contribution in [0.25, 0.3) is 10.2 Å². The minimum atomic E-state index is 0.0765. The number of amides is 1. The molecule has 6 heteroatoms. The number of thiophene rings is 1. The highest BCUT2D eigenvalue weighted by Gasteiger charge is 2.32. The fourth-order valence-corrected chi connectivity index (χ4v) is 5.63. The molecule has 1 aliphatic heterocycles. The van der Waals surface area contributed by atoms with Crippen molar-refractivity contribution in [3.63, 3.8) is 0 Å². The molecule has 1 saturated heterocycles. The summed E-state index contributed by atoms with van der Waals surface area (Å²) in [6.07, 6.45) is 3.52. The summed E-state index contributed by atoms with van der Waals surface area (Å²) in [5.41, 5.74) is 1.08. The normalized spacial score (nSPS) is 21.6. The summed E-state index contributed by atoms with van der Waals surface area (Å²) in [5, 5.41) is 6.39. The Kier molecular flexibility index (Phi) is 5.33. The van der Waals surface area contributed by atoms with Crippen molar-refractivity contribution in [1.29, 1.82) is 0 Å². The number of carbonyl (C=O) groups is 1. The molecule has 3 atom stereocenters. The van der Waals surface area contributed by atoms with Gasteiger partial charge in [-0.15, -0.1) is 22.7 Å². The van der Waals surface area contributed by atoms with E-state index in [1.165, 1.54) is 32.3 Å². The number of carbonyl (C=O) groups excluding carboxylic acids is 1. The molecule has 0 saturated carbocycles. The van der Waals surface area contributed by atoms with Crippen molar-refractivity contribution in [2.24, 2.45) is 0 Å². The van der Waals surface area contributed by atoms with Crippen LogP contribution in [0.4, 0.5) is 0 Å². The first-order valence-electron chi connectivity index (χ1n) is 9.23. The van der Waals surface area contributed by atoms with Gasteiger partial charge in [-0.1, -0.05) is 18.2 Å². The first-order chi connectivity index (χ1) is 12.7. The second kappa shape index (κ2) is 7.86. The number of aromatic nitrogens is 1. The van der Waals surface area contributed by atoms with Crippen molar-refractivity contribution in [1.82, 2.24) is 10.3 Å². The second-order valence-electron chi connectivity index (χ2n) is 6.96. The van der Waals surface area contributed by atoms with Crippen LogP contribution in [0.5, 0.6) is 0 Å². The standard InChI is InChI=1S/C20H23N3OS2/c1-14(17-10-6-12-25-17)21-19(24)13-23-11-5-4-8-16(23)20-22-15-7-2-3-9-18(15)26-20/h2-3,6-7,9-10,12,14,16H,4-5,8,11,13H2,1H3,(H,21,24)/p+1/t14-,16-/m1/s1. The highest BCUT2D eigenvalue weighted by atomic mass is 32.1. The van der Waals surface area contributed by atoms with E-state index in [-0.39, 0.29) is 11.9 Å². The van der Waals surface area contributed by atoms with E-state index in [9.17, 15) is 4.79 Å². The van der Waals surface area contributed by atoms with E-state index in [2.05, 4.69) is 41.9 Å². The largest absolute Gasteiger partial charge is 0.344 e. The second-order valence-corrected chi connectivity index (χ2v) is 9.00. The zero-order chi connectivity index (χ0) is 17.9. The number of thiazole rings is 1. The van der Waals surface area contributed by atoms with Gasteiger partial charge in [-0.3, -0.25) is 4.79 Å². The molecule has 0 radical (unpaired) electrons. The van der Waals surface area contributed by atoms with Crippen LogP contribution in [-0.2, 0) is 4.79 Å². The Hall–Kier alpha value is -1.76. The van der Waals surface area contributed by atoms with Gasteiger partial charge in [0.25, 0.3) is 5.91 Å². The predicted molar refractivity (Wildman–Crippen MR) is 108 cm³/mol. The topological polar surface area (TPSA) is 46.4 Å². The Morgan fingerprint density at radius 2 is 2.19 bits per heavy atom. The van der Waals surface area contributed by atoms with Crippen molar-refractivity contribution in [2.75, 3.05) is 13.1 Å². The maximum Gasteiger partial charge on any atom is 0.275 e. The maximum atomic E-state index is 12.6. The fourth-order valence-electron chi connectivity index (χ4n) is 3.74. The Morgan fingerprint density at radius 1 is 1.31 bits per heavy atom. The lowest BCUT2D eigenvalue weighted by molar-refractivity contribution is -0.929. The summed E-state index contributed by atoms with van der Waals surface area (Å²) in [5.74, 6) is 0.133. The number of nitrogens with zero attached hydrogens (tertiary/aromatic N) is 1. The molecule has 4 rings (SSSR count). The van der Waals surface area contributed by atoms with E-state index in [1.54, 1.807) is 22.7 Å². The van der Waals surface area contributed by atoms with Crippen LogP contribution in [0, 0.1) is 0 Å². The van der Waals surface area contributed by atoms with Gasteiger partial charge in [-0.25, -0.2) is 4.98 Å². The molecule has 0 aliphatic carbocycles. The molecule has 0 bridgehead atoms. The third kappa shape index (κ3) is 3.82. The Labute approximate surface area is 161 Å². The molecule has 1 fully saturated rings. The predicted octanol–water partition coefficient (Wildman–Crippen LogP) is 3.35. The van der Waals surface area contributed by atoms with Crippen molar-refractivity contribution in [3.05, 3.63) is 51.7 Å². The molecule has 2 aromatic heterocycles. The number of piperidine rings is 1. The molecule has 1 aromatic carbocycles. The Balaban J connectivity index is 1.46. The molecule has 136 valence electrons. The van der Waals surface area contributed by atoms with Gasteiger partial charge in [0.05, 0.1) is 22.8 Å². The van der Waals surface area contributed by atoms with Crippen LogP contribution in [0.1, 0.15) is 48.2 Å². The molecule has 2 N–H and O–H groups in total. The van der Waals surface area contributed by atoms with Crippen molar-refractivity contribution in [2.45, 2.75) is 38.3 Å². The molecule has 1 amide bonds. The number of fused-ring (bicyclic) bond motifs is 1. The molecular formula is C20H24N3OS2+. The van der Waals surface area contributed by atoms with Crippen LogP contribution in [0.15, 0.2) is 41.8 Å². The average Bonchev–Trinajstić information content (AvgIpc) is 3.31. The lowest BCUT2D eigenvalue weighted by atomic mass is 10.0. The molecule has 1 aliphatic rings. The van der Waals surface area contributed by atoms with Gasteiger partial charge in [-0.05, 0) is 43.3 Å². The first-order valence-corrected chi connectivity index (χ1v) is 10.9. The van der Waals surface area contributed by atoms with Gasteiger partial charge in [0, 0.05) is 11.3 Å². The van der Waals surface area contributed by atoms with Gasteiger partial charge in [0.15, 0.2) is 11.6 Å². The van der Waals surface area contributed by atoms with Crippen LogP contribution in [0.2, 0.25) is 0 Å². The number of para-hydroxylation sites is 1. The highest BCUT2D eigenvalue weighted by molar-refractivity contribution is 7.18. The van der Waals surface area contributed by atoms with Crippen molar-refractivity contribution >= 4 is 38.8 Å². The third-order valence-electron chi connectivity index (χ3n) is 5.08. The van der Waals surface area contributed by atoms with Crippen LogP contribution >= 0.6 is 22.7 Å². The van der Waals surface area contributed by atoms with Crippen molar-refractivity contribution in [3.8, 4) is 0 Å². The zero-order valence-corrected chi connectivity index (χ0v) is 16.5. The molecule has 3 aromatic rings. The number of nitrogens with one attached hydrogen (secondary N) is 2. The SMILES string of the molecule is C[C@@H](NC(=O)C[NH+]1CCCC[C@@H]1c1nc2ccccc2s1)c1cccs1. The van der Waals surface area contributed by atoms with Crippen LogP contribution < -0.4 is 10.2 Å². The highest BCUT2D eigenvalue weighted by Crippen LogP contribution is 2.28. The monoisotopic (exact) mass is 386 g/mol. The number of rotatable bonds is 5. The van der Waals surface area contributed by atoms with Crippen LogP contribution in [0.3, 0.4) is 0 Å². The smallest absolute Gasteiger partial charge is 0.275 e. The average molecular weight is 387 g/mol. The lowest BCUT2D eigenvalue weighted by Crippen LogP contribution is -3.14. The Bertz CT molecular complexity index is 841. The first kappa shape index (κ1) is 17.6. The van der Waals surface area contributed by atoms with Gasteiger partial charge < -0.3 is 10.2 Å². The Morgan fingerprint density at radius 3 is 3.00 bits per heavy atom. The van der Waals surface area contributed by atoms with E-state index >= 15 is 0 Å². The van der Waals surface area contributed by atoms with Gasteiger partial charge in [0.2, 0.25) is 0 Å². The van der Waals surface area contributed by atoms with Gasteiger partial charge >= 0.3 is 0 Å². The van der Waals surface area contributed by atoms with Crippen LogP contribution in [-0.4, -0.2) is 24.0 Å². The van der Waals surface area contributed by atoms with Gasteiger partial charge in [0.1, 0.15) is 6.04 Å². The summed E-state index contributed by atoms with van der Waals surface area (Å²) in [7, 11) is 0. The molecule has 0 spiro atoms. The number of hydrogen-bond donors (Lipinski definition) is 2. The van der Waals surface area contributed by atoms with E-state index in [4.69, 9.17) is 4.98 Å². The zero-order valence-electron chi connectivity index (χ0n) is 14.9. The summed E-state index contributed by atoms with van der Waals surface area (Å²) >= 11 is 3.47. The molecular weight excluding hydrogens is 362 g/mol. The van der Waals surface area contributed by atoms with Crippen molar-refractivity contribution < 1.29 is 9.69 Å². The van der Waals surface area contributed by atoms with Gasteiger partial charge in [-0.2, -0.15) is 0 Å². The molecule has 26 heavy (non-hydrogen) atoms. The molecule has 1 unspecified atom stereocenters. The van der Waals surface area contributed by atoms with E-state index in [0.717, 1.165) is 18.5 Å². The summed E-state index contributed by atoms with van der Waals surface area (Å²) in [4.78, 5) is 20.0. The quantitative estimate of drug-likeness (QED) is 0.706. The number of benzene rings is 1. The summed E-state index contributed by atoms with van der Waals surface area (Å²) in [6, 6.07) is 12.8. The molecule has 4 nitrogen and oxygen atoms in total. The fraction of sp³-hybridized carbons (Fsp3) is 0.400. The van der Waals surface area contributed by atoms with E-state index < -0.39 is 0 Å². The van der Waals surface area contributed by atoms with E-state index in [0.29, 0.717) is 12.6 Å².